The molecular weight excluding hydrogens is 156 g/mol. The van der Waals surface area contributed by atoms with Gasteiger partial charge in [0.25, 0.3) is 0 Å². The van der Waals surface area contributed by atoms with Crippen molar-refractivity contribution in [3.8, 4) is 0 Å². The highest BCUT2D eigenvalue weighted by molar-refractivity contribution is 5.75. The van der Waals surface area contributed by atoms with Gasteiger partial charge >= 0.3 is 0 Å². The summed E-state index contributed by atoms with van der Waals surface area (Å²) in [7, 11) is 1.64. The zero-order valence-electron chi connectivity index (χ0n) is 8.04. The van der Waals surface area contributed by atoms with Crippen LogP contribution < -0.4 is 5.73 Å². The maximum atomic E-state index is 10.6. The summed E-state index contributed by atoms with van der Waals surface area (Å²) >= 11 is 0. The van der Waals surface area contributed by atoms with Crippen molar-refractivity contribution >= 4 is 5.91 Å². The lowest BCUT2D eigenvalue weighted by Gasteiger charge is -2.24. The third kappa shape index (κ3) is 5.09. The smallest absolute Gasteiger partial charge is 0.231 e. The van der Waals surface area contributed by atoms with Crippen LogP contribution in [0.5, 0.6) is 0 Å². The molecular formula is C8H18N2O2. The molecule has 0 radical (unpaired) electrons. The molecule has 0 atom stereocenters. The zero-order chi connectivity index (χ0) is 9.56. The first-order chi connectivity index (χ1) is 5.57. The molecule has 0 rings (SSSR count). The van der Waals surface area contributed by atoms with Crippen LogP contribution in [-0.4, -0.2) is 43.7 Å². The van der Waals surface area contributed by atoms with Crippen LogP contribution in [0.3, 0.4) is 0 Å². The summed E-state index contributed by atoms with van der Waals surface area (Å²) in [5, 5.41) is 0. The molecule has 4 nitrogen and oxygen atoms in total. The maximum Gasteiger partial charge on any atom is 0.231 e. The Balaban J connectivity index is 3.78. The fraction of sp³-hybridized carbons (Fsp3) is 0.875. The van der Waals surface area contributed by atoms with E-state index in [1.807, 2.05) is 18.7 Å². The number of amides is 1. The molecule has 4 heteroatoms. The highest BCUT2D eigenvalue weighted by atomic mass is 16.5. The highest BCUT2D eigenvalue weighted by Gasteiger charge is 2.10. The lowest BCUT2D eigenvalue weighted by atomic mass is 10.3. The Morgan fingerprint density at radius 2 is 2.17 bits per heavy atom. The van der Waals surface area contributed by atoms with E-state index in [9.17, 15) is 4.79 Å². The number of nitrogens with two attached hydrogens (primary N) is 1. The Bertz CT molecular complexity index is 137. The lowest BCUT2D eigenvalue weighted by Crippen LogP contribution is -2.40. The van der Waals surface area contributed by atoms with Crippen molar-refractivity contribution < 1.29 is 9.53 Å². The van der Waals surface area contributed by atoms with Crippen LogP contribution in [0.4, 0.5) is 0 Å². The van der Waals surface area contributed by atoms with Crippen LogP contribution in [-0.2, 0) is 9.53 Å². The third-order valence-electron chi connectivity index (χ3n) is 1.67. The summed E-state index contributed by atoms with van der Waals surface area (Å²) in [6.07, 6.45) is 0. The molecule has 0 unspecified atom stereocenters. The number of primary amides is 1. The molecule has 12 heavy (non-hydrogen) atoms. The molecule has 0 bridgehead atoms. The van der Waals surface area contributed by atoms with Crippen molar-refractivity contribution in [3.63, 3.8) is 0 Å². The van der Waals surface area contributed by atoms with Gasteiger partial charge in [0.15, 0.2) is 0 Å². The number of hydrogen-bond donors (Lipinski definition) is 1. The molecule has 0 aromatic carbocycles. The van der Waals surface area contributed by atoms with Gasteiger partial charge in [-0.1, -0.05) is 0 Å². The molecule has 72 valence electrons. The van der Waals surface area contributed by atoms with E-state index < -0.39 is 0 Å². The fourth-order valence-corrected chi connectivity index (χ4v) is 0.929. The fourth-order valence-electron chi connectivity index (χ4n) is 0.929. The summed E-state index contributed by atoms with van der Waals surface area (Å²) < 4.78 is 4.91. The maximum absolute atomic E-state index is 10.6. The summed E-state index contributed by atoms with van der Waals surface area (Å²) in [6.45, 7) is 5.74. The molecule has 0 saturated heterocycles. The van der Waals surface area contributed by atoms with Crippen LogP contribution in [0.2, 0.25) is 0 Å². The van der Waals surface area contributed by atoms with Crippen LogP contribution in [0.25, 0.3) is 0 Å². The lowest BCUT2D eigenvalue weighted by molar-refractivity contribution is -0.119. The third-order valence-corrected chi connectivity index (χ3v) is 1.67. The van der Waals surface area contributed by atoms with E-state index >= 15 is 0 Å². The molecule has 0 aliphatic heterocycles. The van der Waals surface area contributed by atoms with Crippen molar-refractivity contribution in [1.82, 2.24) is 4.90 Å². The molecule has 2 N–H and O–H groups in total. The Morgan fingerprint density at radius 1 is 1.58 bits per heavy atom. The second kappa shape index (κ2) is 5.97. The number of carbonyl (C=O) groups excluding carboxylic acids is 1. The van der Waals surface area contributed by atoms with Gasteiger partial charge in [0.05, 0.1) is 13.2 Å². The van der Waals surface area contributed by atoms with Gasteiger partial charge < -0.3 is 10.5 Å². The average Bonchev–Trinajstić information content (AvgIpc) is 1.96. The predicted octanol–water partition coefficient (Wildman–Crippen LogP) is -0.171. The van der Waals surface area contributed by atoms with Gasteiger partial charge in [0.2, 0.25) is 5.91 Å². The second-order valence-corrected chi connectivity index (χ2v) is 3.02. The normalized spacial score (nSPS) is 11.1. The predicted molar refractivity (Wildman–Crippen MR) is 47.8 cm³/mol. The summed E-state index contributed by atoms with van der Waals surface area (Å²) in [5.41, 5.74) is 5.08. The quantitative estimate of drug-likeness (QED) is 0.608. The topological polar surface area (TPSA) is 55.6 Å². The van der Waals surface area contributed by atoms with Gasteiger partial charge in [0.1, 0.15) is 0 Å². The van der Waals surface area contributed by atoms with E-state index in [2.05, 4.69) is 0 Å². The number of rotatable bonds is 6. The van der Waals surface area contributed by atoms with Crippen molar-refractivity contribution in [3.05, 3.63) is 0 Å². The highest BCUT2D eigenvalue weighted by Crippen LogP contribution is 1.96. The standard InChI is InChI=1S/C8H18N2O2/c1-7(2)10(4-5-12-3)6-8(9)11/h7H,4-6H2,1-3H3,(H2,9,11). The molecule has 0 heterocycles. The number of nitrogens with zero attached hydrogens (tertiary/aromatic N) is 1. The minimum absolute atomic E-state index is 0.292. The van der Waals surface area contributed by atoms with Crippen molar-refractivity contribution in [2.24, 2.45) is 5.73 Å². The Kier molecular flexibility index (Phi) is 5.66. The van der Waals surface area contributed by atoms with Crippen LogP contribution in [0, 0.1) is 0 Å². The van der Waals surface area contributed by atoms with Crippen molar-refractivity contribution in [1.29, 1.82) is 0 Å². The van der Waals surface area contributed by atoms with E-state index in [0.29, 0.717) is 19.2 Å². The number of ether oxygens (including phenoxy) is 1. The summed E-state index contributed by atoms with van der Waals surface area (Å²) in [5.74, 6) is -0.292. The number of methoxy groups -OCH3 is 1. The van der Waals surface area contributed by atoms with Gasteiger partial charge in [-0.05, 0) is 13.8 Å². The Morgan fingerprint density at radius 3 is 2.50 bits per heavy atom. The van der Waals surface area contributed by atoms with Crippen molar-refractivity contribution in [2.75, 3.05) is 26.8 Å². The SMILES string of the molecule is COCCN(CC(N)=O)C(C)C. The van der Waals surface area contributed by atoms with Gasteiger partial charge in [-0.3, -0.25) is 9.69 Å². The van der Waals surface area contributed by atoms with Crippen LogP contribution in [0.15, 0.2) is 0 Å². The van der Waals surface area contributed by atoms with E-state index in [-0.39, 0.29) is 5.91 Å². The first-order valence-electron chi connectivity index (χ1n) is 4.09. The second-order valence-electron chi connectivity index (χ2n) is 3.02. The van der Waals surface area contributed by atoms with Gasteiger partial charge in [-0.25, -0.2) is 0 Å². The van der Waals surface area contributed by atoms with Gasteiger partial charge in [0, 0.05) is 19.7 Å². The molecule has 0 fully saturated rings. The van der Waals surface area contributed by atoms with Gasteiger partial charge in [-0.15, -0.1) is 0 Å². The van der Waals surface area contributed by atoms with Crippen LogP contribution >= 0.6 is 0 Å². The molecule has 0 aromatic rings. The number of carbonyl (C=O) groups is 1. The molecule has 0 spiro atoms. The zero-order valence-corrected chi connectivity index (χ0v) is 8.04. The Labute approximate surface area is 73.7 Å². The van der Waals surface area contributed by atoms with E-state index in [1.165, 1.54) is 0 Å². The molecule has 0 saturated carbocycles. The van der Waals surface area contributed by atoms with E-state index in [4.69, 9.17) is 10.5 Å². The summed E-state index contributed by atoms with van der Waals surface area (Å²) in [6, 6.07) is 0.327. The summed E-state index contributed by atoms with van der Waals surface area (Å²) in [4.78, 5) is 12.6. The van der Waals surface area contributed by atoms with E-state index in [1.54, 1.807) is 7.11 Å². The molecule has 0 aliphatic rings. The molecule has 0 aliphatic carbocycles. The Hall–Kier alpha value is -0.610. The number of hydrogen-bond acceptors (Lipinski definition) is 3. The molecule has 1 amide bonds. The van der Waals surface area contributed by atoms with E-state index in [0.717, 1.165) is 6.54 Å². The van der Waals surface area contributed by atoms with Crippen molar-refractivity contribution in [2.45, 2.75) is 19.9 Å². The van der Waals surface area contributed by atoms with Crippen LogP contribution in [0.1, 0.15) is 13.8 Å². The van der Waals surface area contributed by atoms with Gasteiger partial charge in [-0.2, -0.15) is 0 Å². The monoisotopic (exact) mass is 174 g/mol. The molecule has 0 aromatic heterocycles. The minimum atomic E-state index is -0.292. The first-order valence-corrected chi connectivity index (χ1v) is 4.09. The minimum Gasteiger partial charge on any atom is -0.383 e. The first kappa shape index (κ1) is 11.4. The largest absolute Gasteiger partial charge is 0.383 e. The average molecular weight is 174 g/mol.